The highest BCUT2D eigenvalue weighted by atomic mass is 35.5. The van der Waals surface area contributed by atoms with Gasteiger partial charge in [0.05, 0.1) is 29.8 Å². The van der Waals surface area contributed by atoms with Crippen LogP contribution in [0.15, 0.2) is 53.4 Å². The molecule has 1 aromatic heterocycles. The maximum Gasteiger partial charge on any atom is 0.268 e. The molecule has 0 radical (unpaired) electrons. The van der Waals surface area contributed by atoms with Crippen LogP contribution in [0.5, 0.6) is 0 Å². The Morgan fingerprint density at radius 1 is 1.11 bits per heavy atom. The van der Waals surface area contributed by atoms with Crippen molar-refractivity contribution in [2.75, 3.05) is 32.8 Å². The first-order chi connectivity index (χ1) is 21.1. The monoisotopic (exact) mass is 675 g/mol. The molecule has 11 nitrogen and oxygen atoms in total. The number of nitrogens with zero attached hydrogens (tertiary/aromatic N) is 3. The Morgan fingerprint density at radius 3 is 2.51 bits per heavy atom. The van der Waals surface area contributed by atoms with Gasteiger partial charge in [0.25, 0.3) is 5.91 Å². The summed E-state index contributed by atoms with van der Waals surface area (Å²) in [4.78, 5) is 47.3. The number of para-hydroxylation sites is 1. The first-order valence-corrected chi connectivity index (χ1v) is 16.9. The summed E-state index contributed by atoms with van der Waals surface area (Å²) in [6.45, 7) is 8.05. The molecule has 45 heavy (non-hydrogen) atoms. The molecule has 3 aliphatic heterocycles. The molecule has 3 aromatic rings. The van der Waals surface area contributed by atoms with Crippen LogP contribution in [-0.4, -0.2) is 102 Å². The van der Waals surface area contributed by atoms with Crippen LogP contribution in [-0.2, 0) is 24.3 Å². The Bertz CT molecular complexity index is 1770. The SMILES string of the molecule is CC(C)(C)[C@H](NC(=O)c1cc2ccccc2[nH]1)C(=O)N1C[C@H]2N(C(=O)C3COCCN3S(=O)(=O)c3cc(Cl)ccc3Cl)CC21C. The fraction of sp³-hybridized carbons (Fsp3) is 0.452. The standard InChI is InChI=1S/C31H35Cl2N5O6S/c1-30(2,3)26(35-27(39)22-13-18-7-5-6-8-21(18)34-22)29(41)37-15-25-31(37,4)17-36(25)28(40)23-16-44-12-11-38(23)45(42,43)24-14-19(32)9-10-20(24)33/h5-10,13-14,23,25-26,34H,11-12,15-17H2,1-4H3,(H,35,39)/t23?,25-,26-,31?/m1/s1. The number of carbonyl (C=O) groups is 3. The summed E-state index contributed by atoms with van der Waals surface area (Å²) < 4.78 is 34.0. The maximum atomic E-state index is 14.0. The number of piperazine rings is 1. The van der Waals surface area contributed by atoms with Crippen LogP contribution in [0.2, 0.25) is 10.0 Å². The number of carbonyl (C=O) groups excluding carboxylic acids is 3. The van der Waals surface area contributed by atoms with Crippen LogP contribution < -0.4 is 5.32 Å². The Kier molecular flexibility index (Phi) is 7.97. The van der Waals surface area contributed by atoms with Crippen molar-refractivity contribution in [3.8, 4) is 0 Å². The molecule has 0 spiro atoms. The molecular formula is C31H35Cl2N5O6S. The smallest absolute Gasteiger partial charge is 0.268 e. The van der Waals surface area contributed by atoms with E-state index in [9.17, 15) is 22.8 Å². The number of ether oxygens (including phenoxy) is 1. The minimum Gasteiger partial charge on any atom is -0.378 e. The van der Waals surface area contributed by atoms with Crippen LogP contribution in [0.3, 0.4) is 0 Å². The van der Waals surface area contributed by atoms with Crippen LogP contribution in [0.25, 0.3) is 10.9 Å². The van der Waals surface area contributed by atoms with Gasteiger partial charge in [-0.15, -0.1) is 0 Å². The van der Waals surface area contributed by atoms with Crippen LogP contribution in [0.4, 0.5) is 0 Å². The topological polar surface area (TPSA) is 132 Å². The van der Waals surface area contributed by atoms with Crippen molar-refractivity contribution in [1.29, 1.82) is 0 Å². The van der Waals surface area contributed by atoms with Crippen LogP contribution >= 0.6 is 23.2 Å². The number of aromatic nitrogens is 1. The molecule has 3 amide bonds. The Balaban J connectivity index is 1.16. The molecule has 0 saturated carbocycles. The van der Waals surface area contributed by atoms with Gasteiger partial charge in [0.15, 0.2) is 0 Å². The number of H-pyrrole nitrogens is 1. The number of morpholine rings is 1. The number of nitrogens with one attached hydrogen (secondary N) is 2. The van der Waals surface area contributed by atoms with E-state index in [1.54, 1.807) is 15.9 Å². The van der Waals surface area contributed by atoms with E-state index in [0.717, 1.165) is 15.2 Å². The van der Waals surface area contributed by atoms with Gasteiger partial charge in [0.2, 0.25) is 21.8 Å². The fourth-order valence-corrected chi connectivity index (χ4v) is 8.75. The van der Waals surface area contributed by atoms with Crippen molar-refractivity contribution in [3.63, 3.8) is 0 Å². The maximum absolute atomic E-state index is 14.0. The largest absolute Gasteiger partial charge is 0.378 e. The Hall–Kier alpha value is -3.16. The molecule has 3 fully saturated rings. The molecule has 0 aliphatic carbocycles. The van der Waals surface area contributed by atoms with Crippen LogP contribution in [0, 0.1) is 5.41 Å². The number of fused-ring (bicyclic) bond motifs is 2. The molecule has 0 bridgehead atoms. The lowest BCUT2D eigenvalue weighted by molar-refractivity contribution is -0.210. The van der Waals surface area contributed by atoms with E-state index in [1.165, 1.54) is 18.2 Å². The van der Waals surface area contributed by atoms with Gasteiger partial charge >= 0.3 is 0 Å². The lowest BCUT2D eigenvalue weighted by Crippen LogP contribution is -2.89. The Labute approximate surface area is 271 Å². The quantitative estimate of drug-likeness (QED) is 0.411. The average molecular weight is 677 g/mol. The van der Waals surface area contributed by atoms with E-state index in [2.05, 4.69) is 10.3 Å². The number of aromatic amines is 1. The van der Waals surface area contributed by atoms with Gasteiger partial charge in [-0.25, -0.2) is 8.42 Å². The van der Waals surface area contributed by atoms with Crippen molar-refractivity contribution in [3.05, 3.63) is 64.3 Å². The predicted molar refractivity (Wildman–Crippen MR) is 170 cm³/mol. The van der Waals surface area contributed by atoms with Crippen molar-refractivity contribution in [1.82, 2.24) is 24.4 Å². The molecular weight excluding hydrogens is 641 g/mol. The number of rotatable bonds is 6. The fourth-order valence-electron chi connectivity index (χ4n) is 6.46. The number of halogens is 2. The third-order valence-electron chi connectivity index (χ3n) is 9.11. The zero-order valence-corrected chi connectivity index (χ0v) is 27.7. The second-order valence-electron chi connectivity index (χ2n) is 13.1. The summed E-state index contributed by atoms with van der Waals surface area (Å²) in [7, 11) is -4.17. The summed E-state index contributed by atoms with van der Waals surface area (Å²) >= 11 is 12.3. The molecule has 4 heterocycles. The Morgan fingerprint density at radius 2 is 1.84 bits per heavy atom. The van der Waals surface area contributed by atoms with E-state index >= 15 is 0 Å². The molecule has 3 saturated heterocycles. The average Bonchev–Trinajstić information content (AvgIpc) is 3.43. The third-order valence-corrected chi connectivity index (χ3v) is 11.7. The van der Waals surface area contributed by atoms with Gasteiger partial charge in [-0.3, -0.25) is 14.4 Å². The summed E-state index contributed by atoms with van der Waals surface area (Å²) in [5.74, 6) is -1.02. The second-order valence-corrected chi connectivity index (χ2v) is 15.8. The van der Waals surface area contributed by atoms with Crippen molar-refractivity contribution in [2.24, 2.45) is 5.41 Å². The van der Waals surface area contributed by atoms with E-state index in [-0.39, 0.29) is 65.6 Å². The zero-order chi connectivity index (χ0) is 32.5. The highest BCUT2D eigenvalue weighted by Gasteiger charge is 2.66. The molecule has 14 heteroatoms. The third kappa shape index (κ3) is 5.40. The molecule has 2 N–H and O–H groups in total. The molecule has 2 aromatic carbocycles. The van der Waals surface area contributed by atoms with Crippen molar-refractivity contribution < 1.29 is 27.5 Å². The van der Waals surface area contributed by atoms with Crippen LogP contribution in [0.1, 0.15) is 38.2 Å². The predicted octanol–water partition coefficient (Wildman–Crippen LogP) is 3.52. The number of sulfonamides is 1. The normalized spacial score (nSPS) is 24.4. The van der Waals surface area contributed by atoms with E-state index < -0.39 is 39.0 Å². The summed E-state index contributed by atoms with van der Waals surface area (Å²) in [5, 5.41) is 4.05. The van der Waals surface area contributed by atoms with Gasteiger partial charge in [0, 0.05) is 35.6 Å². The minimum atomic E-state index is -4.17. The minimum absolute atomic E-state index is 0.00629. The number of hydrogen-bond acceptors (Lipinski definition) is 6. The number of benzene rings is 2. The van der Waals surface area contributed by atoms with Gasteiger partial charge in [-0.1, -0.05) is 62.2 Å². The van der Waals surface area contributed by atoms with E-state index in [4.69, 9.17) is 27.9 Å². The number of hydrogen-bond donors (Lipinski definition) is 2. The number of likely N-dealkylation sites (tertiary alicyclic amines) is 2. The van der Waals surface area contributed by atoms with Gasteiger partial charge in [-0.05, 0) is 42.7 Å². The first-order valence-electron chi connectivity index (χ1n) is 14.7. The van der Waals surface area contributed by atoms with Gasteiger partial charge < -0.3 is 24.8 Å². The molecule has 2 unspecified atom stereocenters. The lowest BCUT2D eigenvalue weighted by atomic mass is 9.70. The molecule has 240 valence electrons. The van der Waals surface area contributed by atoms with Gasteiger partial charge in [0.1, 0.15) is 22.7 Å². The summed E-state index contributed by atoms with van der Waals surface area (Å²) in [5.41, 5.74) is -0.0731. The van der Waals surface area contributed by atoms with Gasteiger partial charge in [-0.2, -0.15) is 4.31 Å². The number of amides is 3. The van der Waals surface area contributed by atoms with E-state index in [0.29, 0.717) is 5.69 Å². The summed E-state index contributed by atoms with van der Waals surface area (Å²) in [6.07, 6.45) is 0. The van der Waals surface area contributed by atoms with E-state index in [1.807, 2.05) is 52.0 Å². The molecule has 6 rings (SSSR count). The second kappa shape index (κ2) is 11.3. The molecule has 4 atom stereocenters. The van der Waals surface area contributed by atoms with Crippen molar-refractivity contribution >= 4 is 61.8 Å². The lowest BCUT2D eigenvalue weighted by Gasteiger charge is -2.70. The molecule has 3 aliphatic rings. The first kappa shape index (κ1) is 31.8. The van der Waals surface area contributed by atoms with Crippen molar-refractivity contribution in [2.45, 2.75) is 56.3 Å². The zero-order valence-electron chi connectivity index (χ0n) is 25.3. The summed E-state index contributed by atoms with van der Waals surface area (Å²) in [6, 6.07) is 11.3. The highest BCUT2D eigenvalue weighted by Crippen LogP contribution is 2.46. The highest BCUT2D eigenvalue weighted by molar-refractivity contribution is 7.89.